The second-order valence-corrected chi connectivity index (χ2v) is 7.25. The van der Waals surface area contributed by atoms with Crippen molar-refractivity contribution in [3.8, 4) is 22.7 Å². The minimum Gasteiger partial charge on any atom is -0.415 e. The van der Waals surface area contributed by atoms with Gasteiger partial charge in [0.15, 0.2) is 0 Å². The average Bonchev–Trinajstić information content (AvgIpc) is 3.45. The Labute approximate surface area is 183 Å². The topological polar surface area (TPSA) is 121 Å². The van der Waals surface area contributed by atoms with Crippen LogP contribution in [0.25, 0.3) is 33.6 Å². The van der Waals surface area contributed by atoms with Crippen LogP contribution in [-0.4, -0.2) is 35.2 Å². The molecule has 0 aliphatic rings. The van der Waals surface area contributed by atoms with E-state index in [0.29, 0.717) is 34.2 Å². The highest BCUT2D eigenvalue weighted by molar-refractivity contribution is 6.31. The Morgan fingerprint density at radius 3 is 2.66 bits per heavy atom. The first-order valence-corrected chi connectivity index (χ1v) is 9.67. The molecule has 0 fully saturated rings. The van der Waals surface area contributed by atoms with Gasteiger partial charge in [0.05, 0.1) is 18.3 Å². The van der Waals surface area contributed by atoms with Gasteiger partial charge in [-0.1, -0.05) is 28.9 Å². The van der Waals surface area contributed by atoms with Crippen LogP contribution in [0.3, 0.4) is 0 Å². The number of benzene rings is 2. The van der Waals surface area contributed by atoms with E-state index in [-0.39, 0.29) is 5.89 Å². The summed E-state index contributed by atoms with van der Waals surface area (Å²) in [7, 11) is 0. The van der Waals surface area contributed by atoms with Crippen molar-refractivity contribution in [2.45, 2.75) is 13.0 Å². The minimum absolute atomic E-state index is 0.0301. The molecule has 0 bridgehead atoms. The number of rotatable bonds is 5. The third-order valence-electron chi connectivity index (χ3n) is 4.76. The molecule has 32 heavy (non-hydrogen) atoms. The van der Waals surface area contributed by atoms with Crippen molar-refractivity contribution in [1.29, 1.82) is 0 Å². The molecule has 0 aliphatic heterocycles. The lowest BCUT2D eigenvalue weighted by molar-refractivity contribution is 0.116. The third-order valence-corrected chi connectivity index (χ3v) is 5.11. The van der Waals surface area contributed by atoms with Crippen molar-refractivity contribution in [3.63, 3.8) is 0 Å². The van der Waals surface area contributed by atoms with Gasteiger partial charge in [0.1, 0.15) is 17.8 Å². The second kappa shape index (κ2) is 7.93. The van der Waals surface area contributed by atoms with Crippen LogP contribution in [-0.2, 0) is 6.54 Å². The monoisotopic (exact) mass is 454 g/mol. The van der Waals surface area contributed by atoms with E-state index in [2.05, 4.69) is 30.5 Å². The Balaban J connectivity index is 1.37. The Morgan fingerprint density at radius 2 is 1.88 bits per heavy atom. The van der Waals surface area contributed by atoms with Crippen LogP contribution >= 0.6 is 11.6 Å². The Hall–Kier alpha value is -3.99. The summed E-state index contributed by atoms with van der Waals surface area (Å²) in [6, 6.07) is 10.5. The predicted molar refractivity (Wildman–Crippen MR) is 112 cm³/mol. The largest absolute Gasteiger partial charge is 0.415 e. The lowest BCUT2D eigenvalue weighted by Gasteiger charge is -2.05. The molecule has 0 saturated heterocycles. The zero-order chi connectivity index (χ0) is 22.2. The molecule has 0 atom stereocenters. The molecule has 0 aliphatic carbocycles. The summed E-state index contributed by atoms with van der Waals surface area (Å²) < 4.78 is 31.9. The van der Waals surface area contributed by atoms with E-state index in [4.69, 9.17) is 21.8 Å². The first-order valence-electron chi connectivity index (χ1n) is 9.29. The Morgan fingerprint density at radius 1 is 1.03 bits per heavy atom. The van der Waals surface area contributed by atoms with E-state index >= 15 is 0 Å². The standard InChI is InChI=1S/C20H13ClF2N8O/c21-14-5-11(19-28-29-20(32-19)17(22)23)1-2-12(14)7-31-8-16(27-30-31)10-3-4-13-15(6-10)25-9-26-18(13)24/h1-6,8-9,17H,7H2,(H2,24,25,26). The van der Waals surface area contributed by atoms with E-state index in [1.807, 2.05) is 18.2 Å². The molecular weight excluding hydrogens is 442 g/mol. The number of hydrogen-bond acceptors (Lipinski definition) is 8. The van der Waals surface area contributed by atoms with Crippen molar-refractivity contribution in [2.24, 2.45) is 0 Å². The first-order chi connectivity index (χ1) is 15.5. The highest BCUT2D eigenvalue weighted by Gasteiger charge is 2.18. The minimum atomic E-state index is -2.83. The molecule has 3 aromatic heterocycles. The van der Waals surface area contributed by atoms with Gasteiger partial charge in [-0.2, -0.15) is 8.78 Å². The van der Waals surface area contributed by atoms with Gasteiger partial charge in [0.2, 0.25) is 5.89 Å². The fraction of sp³-hybridized carbons (Fsp3) is 0.100. The summed E-state index contributed by atoms with van der Waals surface area (Å²) >= 11 is 6.38. The average molecular weight is 455 g/mol. The number of hydrogen-bond donors (Lipinski definition) is 1. The summed E-state index contributed by atoms with van der Waals surface area (Å²) in [4.78, 5) is 8.22. The molecule has 9 nitrogen and oxygen atoms in total. The molecule has 5 rings (SSSR count). The van der Waals surface area contributed by atoms with Crippen LogP contribution in [0.4, 0.5) is 14.6 Å². The lowest BCUT2D eigenvalue weighted by atomic mass is 10.1. The SMILES string of the molecule is Nc1ncnc2cc(-c3cn(Cc4ccc(-c5nnc(C(F)F)o5)cc4Cl)nn3)ccc12. The van der Waals surface area contributed by atoms with Gasteiger partial charge in [-0.15, -0.1) is 15.3 Å². The van der Waals surface area contributed by atoms with Gasteiger partial charge >= 0.3 is 6.43 Å². The Bertz CT molecular complexity index is 1430. The molecular formula is C20H13ClF2N8O. The van der Waals surface area contributed by atoms with Crippen LogP contribution in [0.1, 0.15) is 17.9 Å². The van der Waals surface area contributed by atoms with Gasteiger partial charge in [0, 0.05) is 21.5 Å². The van der Waals surface area contributed by atoms with Crippen LogP contribution in [0, 0.1) is 0 Å². The number of alkyl halides is 2. The van der Waals surface area contributed by atoms with Crippen molar-refractivity contribution >= 4 is 28.3 Å². The Kier molecular flexibility index (Phi) is 4.94. The summed E-state index contributed by atoms with van der Waals surface area (Å²) in [6.45, 7) is 0.348. The summed E-state index contributed by atoms with van der Waals surface area (Å²) in [6.07, 6.45) is 0.357. The van der Waals surface area contributed by atoms with E-state index in [1.54, 1.807) is 29.1 Å². The molecule has 0 spiro atoms. The van der Waals surface area contributed by atoms with Gasteiger partial charge in [-0.05, 0) is 29.8 Å². The van der Waals surface area contributed by atoms with Gasteiger partial charge in [0.25, 0.3) is 5.89 Å². The summed E-state index contributed by atoms with van der Waals surface area (Å²) in [5.41, 5.74) is 9.25. The van der Waals surface area contributed by atoms with Crippen molar-refractivity contribution in [1.82, 2.24) is 35.2 Å². The van der Waals surface area contributed by atoms with Crippen molar-refractivity contribution in [2.75, 3.05) is 5.73 Å². The van der Waals surface area contributed by atoms with Crippen LogP contribution in [0.5, 0.6) is 0 Å². The molecule has 3 heterocycles. The van der Waals surface area contributed by atoms with E-state index in [0.717, 1.165) is 16.5 Å². The molecule has 0 radical (unpaired) electrons. The second-order valence-electron chi connectivity index (χ2n) is 6.84. The van der Waals surface area contributed by atoms with E-state index in [1.165, 1.54) is 6.33 Å². The highest BCUT2D eigenvalue weighted by atomic mass is 35.5. The fourth-order valence-electron chi connectivity index (χ4n) is 3.17. The fourth-order valence-corrected chi connectivity index (χ4v) is 3.41. The van der Waals surface area contributed by atoms with Crippen molar-refractivity contribution < 1.29 is 13.2 Å². The number of nitrogens with zero attached hydrogens (tertiary/aromatic N) is 7. The maximum absolute atomic E-state index is 12.7. The molecule has 5 aromatic rings. The first kappa shape index (κ1) is 19.9. The van der Waals surface area contributed by atoms with Crippen LogP contribution < -0.4 is 5.73 Å². The number of nitrogen functional groups attached to an aromatic ring is 1. The number of fused-ring (bicyclic) bond motifs is 1. The van der Waals surface area contributed by atoms with E-state index < -0.39 is 12.3 Å². The number of halogens is 3. The van der Waals surface area contributed by atoms with Crippen molar-refractivity contribution in [3.05, 3.63) is 65.4 Å². The number of aromatic nitrogens is 7. The summed E-state index contributed by atoms with van der Waals surface area (Å²) in [5, 5.41) is 16.5. The van der Waals surface area contributed by atoms with Gasteiger partial charge in [-0.25, -0.2) is 14.6 Å². The zero-order valence-corrected chi connectivity index (χ0v) is 16.9. The normalized spacial score (nSPS) is 11.5. The molecule has 0 unspecified atom stereocenters. The maximum atomic E-state index is 12.7. The quantitative estimate of drug-likeness (QED) is 0.420. The number of nitrogens with two attached hydrogens (primary N) is 1. The van der Waals surface area contributed by atoms with Gasteiger partial charge < -0.3 is 10.2 Å². The molecule has 160 valence electrons. The molecule has 12 heteroatoms. The zero-order valence-electron chi connectivity index (χ0n) is 16.2. The summed E-state index contributed by atoms with van der Waals surface area (Å²) in [5.74, 6) is -0.357. The van der Waals surface area contributed by atoms with Crippen LogP contribution in [0.15, 0.2) is 53.3 Å². The molecule has 2 aromatic carbocycles. The lowest BCUT2D eigenvalue weighted by Crippen LogP contribution is -2.01. The van der Waals surface area contributed by atoms with E-state index in [9.17, 15) is 8.78 Å². The smallest absolute Gasteiger partial charge is 0.314 e. The number of anilines is 1. The highest BCUT2D eigenvalue weighted by Crippen LogP contribution is 2.28. The molecule has 0 amide bonds. The molecule has 2 N–H and O–H groups in total. The van der Waals surface area contributed by atoms with Gasteiger partial charge in [-0.3, -0.25) is 0 Å². The van der Waals surface area contributed by atoms with Crippen LogP contribution in [0.2, 0.25) is 5.02 Å². The predicted octanol–water partition coefficient (Wildman–Crippen LogP) is 4.16. The third kappa shape index (κ3) is 3.73. The molecule has 0 saturated carbocycles. The maximum Gasteiger partial charge on any atom is 0.314 e.